The van der Waals surface area contributed by atoms with Crippen molar-refractivity contribution in [2.24, 2.45) is 5.10 Å². The minimum absolute atomic E-state index is 0.0887. The zero-order valence-corrected chi connectivity index (χ0v) is 14.8. The van der Waals surface area contributed by atoms with Crippen LogP contribution < -0.4 is 0 Å². The number of hydrogen-bond acceptors (Lipinski definition) is 3. The number of benzene rings is 2. The van der Waals surface area contributed by atoms with Crippen LogP contribution in [-0.2, 0) is 16.9 Å². The van der Waals surface area contributed by atoms with Gasteiger partial charge in [0, 0.05) is 17.0 Å². The fourth-order valence-corrected chi connectivity index (χ4v) is 3.04. The average molecular weight is 397 g/mol. The Bertz CT molecular complexity index is 854. The van der Waals surface area contributed by atoms with Gasteiger partial charge in [0.25, 0.3) is 0 Å². The molecule has 0 bridgehead atoms. The van der Waals surface area contributed by atoms with Crippen molar-refractivity contribution in [2.75, 3.05) is 0 Å². The number of aliphatic hydroxyl groups is 1. The van der Waals surface area contributed by atoms with Crippen molar-refractivity contribution in [2.45, 2.75) is 31.2 Å². The van der Waals surface area contributed by atoms with Crippen molar-refractivity contribution in [3.8, 4) is 0 Å². The van der Waals surface area contributed by atoms with E-state index < -0.39 is 29.9 Å². The number of carbonyl (C=O) groups excluding carboxylic acids is 1. The topological polar surface area (TPSA) is 52.9 Å². The second-order valence-electron chi connectivity index (χ2n) is 6.24. The molecule has 1 N–H and O–H groups in total. The Hall–Kier alpha value is -2.38. The van der Waals surface area contributed by atoms with Crippen molar-refractivity contribution < 1.29 is 23.1 Å². The van der Waals surface area contributed by atoms with Gasteiger partial charge in [-0.2, -0.15) is 23.3 Å². The van der Waals surface area contributed by atoms with Crippen LogP contribution in [-0.4, -0.2) is 27.9 Å². The Morgan fingerprint density at radius 1 is 1.15 bits per heavy atom. The lowest BCUT2D eigenvalue weighted by Gasteiger charge is -2.31. The molecule has 1 aliphatic rings. The van der Waals surface area contributed by atoms with Gasteiger partial charge in [0.1, 0.15) is 5.71 Å². The second-order valence-corrected chi connectivity index (χ2v) is 6.67. The van der Waals surface area contributed by atoms with Gasteiger partial charge in [0.2, 0.25) is 5.91 Å². The number of amides is 1. The highest BCUT2D eigenvalue weighted by Gasteiger charge is 2.52. The SMILES string of the molecule is O=C(CCc1ccccc1)N1N=C(C(F)(F)F)C[C@]1(O)c1ccc(Cl)cc1. The predicted molar refractivity (Wildman–Crippen MR) is 95.1 cm³/mol. The van der Waals surface area contributed by atoms with Gasteiger partial charge in [-0.25, -0.2) is 0 Å². The molecule has 2 aromatic carbocycles. The highest BCUT2D eigenvalue weighted by atomic mass is 35.5. The highest BCUT2D eigenvalue weighted by molar-refractivity contribution is 6.30. The molecule has 2 aromatic rings. The van der Waals surface area contributed by atoms with Crippen LogP contribution in [0.25, 0.3) is 0 Å². The van der Waals surface area contributed by atoms with Gasteiger partial charge in [-0.15, -0.1) is 0 Å². The molecule has 8 heteroatoms. The maximum absolute atomic E-state index is 13.2. The molecule has 0 saturated carbocycles. The van der Waals surface area contributed by atoms with E-state index in [0.29, 0.717) is 16.5 Å². The standard InChI is InChI=1S/C19H16ClF3N2O2/c20-15-9-7-14(8-10-15)18(27)12-16(19(21,22)23)24-25(18)17(26)11-6-13-4-2-1-3-5-13/h1-5,7-10,27H,6,11-12H2/t18-/m0/s1. The quantitative estimate of drug-likeness (QED) is 0.839. The molecular weight excluding hydrogens is 381 g/mol. The first-order valence-corrected chi connectivity index (χ1v) is 8.58. The number of carbonyl (C=O) groups is 1. The molecule has 0 fully saturated rings. The van der Waals surface area contributed by atoms with Gasteiger partial charge in [0.15, 0.2) is 5.72 Å². The smallest absolute Gasteiger partial charge is 0.365 e. The van der Waals surface area contributed by atoms with Crippen LogP contribution >= 0.6 is 11.6 Å². The molecular formula is C19H16ClF3N2O2. The van der Waals surface area contributed by atoms with Gasteiger partial charge in [-0.1, -0.05) is 54.1 Å². The minimum Gasteiger partial charge on any atom is -0.365 e. The third-order valence-electron chi connectivity index (χ3n) is 4.33. The normalized spacial score (nSPS) is 19.9. The lowest BCUT2D eigenvalue weighted by atomic mass is 9.96. The zero-order valence-electron chi connectivity index (χ0n) is 14.1. The van der Waals surface area contributed by atoms with Gasteiger partial charge < -0.3 is 5.11 Å². The van der Waals surface area contributed by atoms with E-state index in [1.807, 2.05) is 18.2 Å². The Labute approximate surface area is 158 Å². The molecule has 0 aliphatic carbocycles. The molecule has 0 spiro atoms. The summed E-state index contributed by atoms with van der Waals surface area (Å²) in [7, 11) is 0. The van der Waals surface area contributed by atoms with E-state index in [0.717, 1.165) is 5.56 Å². The molecule has 0 saturated heterocycles. The summed E-state index contributed by atoms with van der Waals surface area (Å²) in [5.41, 5.74) is -2.43. The van der Waals surface area contributed by atoms with Gasteiger partial charge in [-0.05, 0) is 24.1 Å². The van der Waals surface area contributed by atoms with E-state index in [1.165, 1.54) is 24.3 Å². The van der Waals surface area contributed by atoms with Crippen LogP contribution in [0.3, 0.4) is 0 Å². The molecule has 0 aromatic heterocycles. The first kappa shape index (κ1) is 19.4. The number of alkyl halides is 3. The first-order chi connectivity index (χ1) is 12.7. The summed E-state index contributed by atoms with van der Waals surface area (Å²) in [6.45, 7) is 0. The molecule has 0 radical (unpaired) electrons. The average Bonchev–Trinajstić information content (AvgIpc) is 3.00. The lowest BCUT2D eigenvalue weighted by Crippen LogP contribution is -2.43. The number of aryl methyl sites for hydroxylation is 1. The summed E-state index contributed by atoms with van der Waals surface area (Å²) in [4.78, 5) is 12.6. The number of nitrogens with zero attached hydrogens (tertiary/aromatic N) is 2. The zero-order chi connectivity index (χ0) is 19.7. The third-order valence-corrected chi connectivity index (χ3v) is 4.58. The number of rotatable bonds is 4. The molecule has 3 rings (SSSR count). The maximum Gasteiger partial charge on any atom is 0.431 e. The molecule has 4 nitrogen and oxygen atoms in total. The van der Waals surface area contributed by atoms with E-state index in [9.17, 15) is 23.1 Å². The van der Waals surface area contributed by atoms with E-state index in [1.54, 1.807) is 12.1 Å². The molecule has 0 unspecified atom stereocenters. The fraction of sp³-hybridized carbons (Fsp3) is 0.263. The van der Waals surface area contributed by atoms with Crippen molar-refractivity contribution in [3.05, 3.63) is 70.7 Å². The van der Waals surface area contributed by atoms with Crippen LogP contribution in [0.1, 0.15) is 24.0 Å². The van der Waals surface area contributed by atoms with Crippen LogP contribution in [0.5, 0.6) is 0 Å². The van der Waals surface area contributed by atoms with Gasteiger partial charge >= 0.3 is 6.18 Å². The van der Waals surface area contributed by atoms with Crippen LogP contribution in [0.15, 0.2) is 59.7 Å². The second kappa shape index (κ2) is 7.32. The van der Waals surface area contributed by atoms with E-state index in [4.69, 9.17) is 11.6 Å². The fourth-order valence-electron chi connectivity index (χ4n) is 2.91. The highest BCUT2D eigenvalue weighted by Crippen LogP contribution is 2.40. The van der Waals surface area contributed by atoms with Gasteiger partial charge in [-0.3, -0.25) is 4.79 Å². The Morgan fingerprint density at radius 2 is 1.78 bits per heavy atom. The largest absolute Gasteiger partial charge is 0.431 e. The first-order valence-electron chi connectivity index (χ1n) is 8.20. The van der Waals surface area contributed by atoms with Crippen LogP contribution in [0, 0.1) is 0 Å². The van der Waals surface area contributed by atoms with Crippen molar-refractivity contribution >= 4 is 23.2 Å². The van der Waals surface area contributed by atoms with E-state index >= 15 is 0 Å². The minimum atomic E-state index is -4.74. The van der Waals surface area contributed by atoms with Crippen molar-refractivity contribution in [1.82, 2.24) is 5.01 Å². The summed E-state index contributed by atoms with van der Waals surface area (Å²) >= 11 is 5.81. The number of halogens is 4. The molecule has 1 heterocycles. The Balaban J connectivity index is 1.88. The monoisotopic (exact) mass is 396 g/mol. The van der Waals surface area contributed by atoms with Crippen LogP contribution in [0.2, 0.25) is 5.02 Å². The van der Waals surface area contributed by atoms with Crippen molar-refractivity contribution in [3.63, 3.8) is 0 Å². The summed E-state index contributed by atoms with van der Waals surface area (Å²) in [6, 6.07) is 14.7. The van der Waals surface area contributed by atoms with Crippen molar-refractivity contribution in [1.29, 1.82) is 0 Å². The Kier molecular flexibility index (Phi) is 5.26. The number of hydrazone groups is 1. The van der Waals surface area contributed by atoms with E-state index in [-0.39, 0.29) is 12.0 Å². The molecule has 27 heavy (non-hydrogen) atoms. The molecule has 1 aliphatic heterocycles. The summed E-state index contributed by atoms with van der Waals surface area (Å²) in [6.07, 6.45) is -5.34. The Morgan fingerprint density at radius 3 is 2.37 bits per heavy atom. The summed E-state index contributed by atoms with van der Waals surface area (Å²) in [5, 5.41) is 15.3. The third kappa shape index (κ3) is 4.14. The predicted octanol–water partition coefficient (Wildman–Crippen LogP) is 4.27. The summed E-state index contributed by atoms with van der Waals surface area (Å²) < 4.78 is 39.5. The van der Waals surface area contributed by atoms with Gasteiger partial charge in [0.05, 0.1) is 6.42 Å². The summed E-state index contributed by atoms with van der Waals surface area (Å²) in [5.74, 6) is -0.699. The molecule has 142 valence electrons. The number of hydrogen-bond donors (Lipinski definition) is 1. The lowest BCUT2D eigenvalue weighted by molar-refractivity contribution is -0.157. The van der Waals surface area contributed by atoms with E-state index in [2.05, 4.69) is 5.10 Å². The molecule has 1 amide bonds. The molecule has 1 atom stereocenters. The maximum atomic E-state index is 13.2. The van der Waals surface area contributed by atoms with Crippen LogP contribution in [0.4, 0.5) is 13.2 Å².